The van der Waals surface area contributed by atoms with Gasteiger partial charge < -0.3 is 19.5 Å². The highest BCUT2D eigenvalue weighted by molar-refractivity contribution is 5.76. The SMILES string of the molecule is COc1cc(OC)c(CNc2nc3ccccc3nc2C)c(OC)c1. The zero-order valence-corrected chi connectivity index (χ0v) is 14.8. The minimum Gasteiger partial charge on any atom is -0.496 e. The van der Waals surface area contributed by atoms with Crippen molar-refractivity contribution in [2.75, 3.05) is 26.6 Å². The highest BCUT2D eigenvalue weighted by Crippen LogP contribution is 2.34. The first kappa shape index (κ1) is 16.8. The second-order valence-electron chi connectivity index (χ2n) is 5.51. The maximum atomic E-state index is 5.48. The van der Waals surface area contributed by atoms with Crippen molar-refractivity contribution in [3.8, 4) is 17.2 Å². The predicted molar refractivity (Wildman–Crippen MR) is 97.7 cm³/mol. The maximum absolute atomic E-state index is 5.48. The molecule has 3 rings (SSSR count). The summed E-state index contributed by atoms with van der Waals surface area (Å²) in [7, 11) is 4.86. The Bertz CT molecular complexity index is 871. The van der Waals surface area contributed by atoms with E-state index in [9.17, 15) is 0 Å². The summed E-state index contributed by atoms with van der Waals surface area (Å²) in [5.41, 5.74) is 3.46. The Morgan fingerprint density at radius 1 is 0.880 bits per heavy atom. The van der Waals surface area contributed by atoms with Gasteiger partial charge in [0.05, 0.1) is 43.6 Å². The summed E-state index contributed by atoms with van der Waals surface area (Å²) >= 11 is 0. The number of aryl methyl sites for hydroxylation is 1. The van der Waals surface area contributed by atoms with E-state index in [1.165, 1.54) is 0 Å². The van der Waals surface area contributed by atoms with Crippen molar-refractivity contribution in [3.63, 3.8) is 0 Å². The van der Waals surface area contributed by atoms with Gasteiger partial charge in [0.2, 0.25) is 0 Å². The monoisotopic (exact) mass is 339 g/mol. The van der Waals surface area contributed by atoms with E-state index in [4.69, 9.17) is 14.2 Å². The van der Waals surface area contributed by atoms with Gasteiger partial charge in [0.1, 0.15) is 23.1 Å². The molecule has 0 bridgehead atoms. The molecule has 0 amide bonds. The summed E-state index contributed by atoms with van der Waals surface area (Å²) in [6.45, 7) is 2.43. The van der Waals surface area contributed by atoms with Gasteiger partial charge in [-0.1, -0.05) is 12.1 Å². The van der Waals surface area contributed by atoms with Crippen molar-refractivity contribution >= 4 is 16.9 Å². The number of nitrogens with one attached hydrogen (secondary N) is 1. The highest BCUT2D eigenvalue weighted by atomic mass is 16.5. The third-order valence-electron chi connectivity index (χ3n) is 3.99. The van der Waals surface area contributed by atoms with Crippen molar-refractivity contribution in [1.82, 2.24) is 9.97 Å². The molecule has 0 aliphatic heterocycles. The number of fused-ring (bicyclic) bond motifs is 1. The van der Waals surface area contributed by atoms with E-state index in [1.807, 2.05) is 43.3 Å². The smallest absolute Gasteiger partial charge is 0.148 e. The van der Waals surface area contributed by atoms with Crippen LogP contribution in [0.5, 0.6) is 17.2 Å². The van der Waals surface area contributed by atoms with Crippen molar-refractivity contribution in [2.24, 2.45) is 0 Å². The average Bonchev–Trinajstić information content (AvgIpc) is 2.65. The second kappa shape index (κ2) is 7.25. The lowest BCUT2D eigenvalue weighted by Gasteiger charge is -2.16. The molecule has 0 aliphatic rings. The quantitative estimate of drug-likeness (QED) is 0.740. The Hall–Kier alpha value is -3.02. The summed E-state index contributed by atoms with van der Waals surface area (Å²) in [5.74, 6) is 2.79. The van der Waals surface area contributed by atoms with E-state index in [0.717, 1.165) is 28.1 Å². The molecule has 0 unspecified atom stereocenters. The Morgan fingerprint density at radius 3 is 2.04 bits per heavy atom. The van der Waals surface area contributed by atoms with Gasteiger partial charge in [-0.25, -0.2) is 9.97 Å². The summed E-state index contributed by atoms with van der Waals surface area (Å²) in [6, 6.07) is 11.5. The molecule has 1 N–H and O–H groups in total. The molecule has 0 saturated heterocycles. The molecule has 1 aromatic heterocycles. The number of anilines is 1. The van der Waals surface area contributed by atoms with Crippen molar-refractivity contribution in [2.45, 2.75) is 13.5 Å². The molecule has 25 heavy (non-hydrogen) atoms. The fraction of sp³-hybridized carbons (Fsp3) is 0.263. The first-order chi connectivity index (χ1) is 12.2. The molecule has 0 atom stereocenters. The van der Waals surface area contributed by atoms with E-state index in [0.29, 0.717) is 23.8 Å². The van der Waals surface area contributed by atoms with Crippen LogP contribution in [-0.4, -0.2) is 31.3 Å². The molecule has 0 aliphatic carbocycles. The topological polar surface area (TPSA) is 65.5 Å². The molecule has 3 aromatic rings. The standard InChI is InChI=1S/C19H21N3O3/c1-12-19(22-16-8-6-5-7-15(16)21-12)20-11-14-17(24-3)9-13(23-2)10-18(14)25-4/h5-10H,11H2,1-4H3,(H,20,22). The number of para-hydroxylation sites is 2. The number of benzene rings is 2. The molecule has 0 saturated carbocycles. The Kier molecular flexibility index (Phi) is 4.88. The van der Waals surface area contributed by atoms with E-state index in [1.54, 1.807) is 21.3 Å². The zero-order chi connectivity index (χ0) is 17.8. The van der Waals surface area contributed by atoms with Gasteiger partial charge in [-0.2, -0.15) is 0 Å². The van der Waals surface area contributed by atoms with Gasteiger partial charge >= 0.3 is 0 Å². The van der Waals surface area contributed by atoms with Gasteiger partial charge in [0, 0.05) is 18.7 Å². The fourth-order valence-electron chi connectivity index (χ4n) is 2.68. The van der Waals surface area contributed by atoms with Crippen LogP contribution >= 0.6 is 0 Å². The minimum absolute atomic E-state index is 0.490. The first-order valence-corrected chi connectivity index (χ1v) is 7.92. The molecular weight excluding hydrogens is 318 g/mol. The predicted octanol–water partition coefficient (Wildman–Crippen LogP) is 3.58. The molecular formula is C19H21N3O3. The number of hydrogen-bond donors (Lipinski definition) is 1. The molecule has 2 aromatic carbocycles. The van der Waals surface area contributed by atoms with Crippen molar-refractivity contribution < 1.29 is 14.2 Å². The summed E-state index contributed by atoms with van der Waals surface area (Å²) in [6.07, 6.45) is 0. The number of ether oxygens (including phenoxy) is 3. The number of rotatable bonds is 6. The lowest BCUT2D eigenvalue weighted by atomic mass is 10.1. The van der Waals surface area contributed by atoms with Crippen LogP contribution in [0.25, 0.3) is 11.0 Å². The second-order valence-corrected chi connectivity index (χ2v) is 5.51. The summed E-state index contributed by atoms with van der Waals surface area (Å²) in [4.78, 5) is 9.25. The third kappa shape index (κ3) is 3.42. The first-order valence-electron chi connectivity index (χ1n) is 7.92. The van der Waals surface area contributed by atoms with Crippen LogP contribution in [0, 0.1) is 6.92 Å². The summed E-state index contributed by atoms with van der Waals surface area (Å²) in [5, 5.41) is 3.33. The zero-order valence-electron chi connectivity index (χ0n) is 14.8. The number of aromatic nitrogens is 2. The molecule has 1 heterocycles. The van der Waals surface area contributed by atoms with Crippen LogP contribution in [0.1, 0.15) is 11.3 Å². The number of hydrogen-bond acceptors (Lipinski definition) is 6. The lowest BCUT2D eigenvalue weighted by Crippen LogP contribution is -2.08. The normalized spacial score (nSPS) is 10.6. The molecule has 0 spiro atoms. The minimum atomic E-state index is 0.490. The molecule has 0 radical (unpaired) electrons. The van der Waals surface area contributed by atoms with Gasteiger partial charge in [-0.05, 0) is 19.1 Å². The molecule has 130 valence electrons. The van der Waals surface area contributed by atoms with Crippen LogP contribution in [-0.2, 0) is 6.54 Å². The Balaban J connectivity index is 1.92. The molecule has 0 fully saturated rings. The van der Waals surface area contributed by atoms with E-state index < -0.39 is 0 Å². The maximum Gasteiger partial charge on any atom is 0.148 e. The van der Waals surface area contributed by atoms with Crippen LogP contribution in [0.4, 0.5) is 5.82 Å². The largest absolute Gasteiger partial charge is 0.496 e. The fourth-order valence-corrected chi connectivity index (χ4v) is 2.68. The van der Waals surface area contributed by atoms with E-state index in [-0.39, 0.29) is 0 Å². The summed E-state index contributed by atoms with van der Waals surface area (Å²) < 4.78 is 16.2. The molecule has 6 nitrogen and oxygen atoms in total. The van der Waals surface area contributed by atoms with Crippen molar-refractivity contribution in [3.05, 3.63) is 47.7 Å². The van der Waals surface area contributed by atoms with Gasteiger partial charge in [0.25, 0.3) is 0 Å². The number of nitrogens with zero attached hydrogens (tertiary/aromatic N) is 2. The van der Waals surface area contributed by atoms with Gasteiger partial charge in [-0.15, -0.1) is 0 Å². The van der Waals surface area contributed by atoms with E-state index in [2.05, 4.69) is 15.3 Å². The Morgan fingerprint density at radius 2 is 1.48 bits per heavy atom. The van der Waals surface area contributed by atoms with Crippen molar-refractivity contribution in [1.29, 1.82) is 0 Å². The molecule has 6 heteroatoms. The van der Waals surface area contributed by atoms with Crippen LogP contribution in [0.3, 0.4) is 0 Å². The highest BCUT2D eigenvalue weighted by Gasteiger charge is 2.14. The van der Waals surface area contributed by atoms with Gasteiger partial charge in [-0.3, -0.25) is 0 Å². The van der Waals surface area contributed by atoms with Crippen LogP contribution in [0.2, 0.25) is 0 Å². The average molecular weight is 339 g/mol. The van der Waals surface area contributed by atoms with Crippen LogP contribution in [0.15, 0.2) is 36.4 Å². The Labute approximate surface area is 146 Å². The van der Waals surface area contributed by atoms with Gasteiger partial charge in [0.15, 0.2) is 0 Å². The van der Waals surface area contributed by atoms with E-state index >= 15 is 0 Å². The van der Waals surface area contributed by atoms with Crippen LogP contribution < -0.4 is 19.5 Å². The lowest BCUT2D eigenvalue weighted by molar-refractivity contribution is 0.369. The number of methoxy groups -OCH3 is 3. The third-order valence-corrected chi connectivity index (χ3v) is 3.99.